The van der Waals surface area contributed by atoms with Crippen molar-refractivity contribution in [1.82, 2.24) is 10.2 Å². The summed E-state index contributed by atoms with van der Waals surface area (Å²) in [4.78, 5) is 0. The summed E-state index contributed by atoms with van der Waals surface area (Å²) in [5, 5.41) is 7.16. The van der Waals surface area contributed by atoms with Crippen LogP contribution in [0, 0.1) is 0 Å². The van der Waals surface area contributed by atoms with Crippen molar-refractivity contribution in [2.24, 2.45) is 0 Å². The summed E-state index contributed by atoms with van der Waals surface area (Å²) < 4.78 is 0. The molecule has 3 N–H and O–H groups in total. The third-order valence-corrected chi connectivity index (χ3v) is 3.70. The average Bonchev–Trinajstić information content (AvgIpc) is 2.73. The number of nitrogen functional groups attached to an aromatic ring is 1. The topological polar surface area (TPSA) is 54.7 Å². The molecular weight excluding hydrogens is 198 g/mol. The van der Waals surface area contributed by atoms with Gasteiger partial charge in [-0.2, -0.15) is 5.10 Å². The van der Waals surface area contributed by atoms with E-state index in [1.807, 2.05) is 18.3 Å². The molecule has 0 amide bonds. The number of H-pyrrole nitrogens is 1. The van der Waals surface area contributed by atoms with E-state index in [1.165, 1.54) is 17.7 Å². The van der Waals surface area contributed by atoms with Crippen molar-refractivity contribution in [2.45, 2.75) is 24.7 Å². The fourth-order valence-corrected chi connectivity index (χ4v) is 2.67. The standard InChI is InChI=1S/C13H15N3/c14-11-5-2-1-4-10(11)13(7-3-8-13)12-6-9-15-16-12/h1-2,4-6,9H,3,7-8,14H2,(H,15,16). The number of hydrogen-bond acceptors (Lipinski definition) is 2. The largest absolute Gasteiger partial charge is 0.398 e. The first-order chi connectivity index (χ1) is 7.83. The van der Waals surface area contributed by atoms with Gasteiger partial charge in [0.15, 0.2) is 0 Å². The fraction of sp³-hybridized carbons (Fsp3) is 0.308. The lowest BCUT2D eigenvalue weighted by Crippen LogP contribution is -2.36. The van der Waals surface area contributed by atoms with Gasteiger partial charge in [-0.15, -0.1) is 0 Å². The number of anilines is 1. The third-order valence-electron chi connectivity index (χ3n) is 3.70. The first-order valence-electron chi connectivity index (χ1n) is 5.68. The molecule has 3 heteroatoms. The molecule has 1 saturated carbocycles. The van der Waals surface area contributed by atoms with Crippen molar-refractivity contribution < 1.29 is 0 Å². The SMILES string of the molecule is Nc1ccccc1C1(c2ccn[nH]2)CCC1. The quantitative estimate of drug-likeness (QED) is 0.753. The number of para-hydroxylation sites is 1. The molecule has 0 spiro atoms. The molecule has 1 aromatic heterocycles. The summed E-state index contributed by atoms with van der Waals surface area (Å²) in [7, 11) is 0. The molecule has 0 radical (unpaired) electrons. The Morgan fingerprint density at radius 1 is 1.19 bits per heavy atom. The molecule has 3 nitrogen and oxygen atoms in total. The van der Waals surface area contributed by atoms with Crippen LogP contribution in [0.3, 0.4) is 0 Å². The molecule has 1 heterocycles. The van der Waals surface area contributed by atoms with E-state index in [9.17, 15) is 0 Å². The van der Waals surface area contributed by atoms with Crippen LogP contribution in [0.2, 0.25) is 0 Å². The predicted molar refractivity (Wildman–Crippen MR) is 64.1 cm³/mol. The third kappa shape index (κ3) is 1.18. The van der Waals surface area contributed by atoms with Crippen LogP contribution in [-0.2, 0) is 5.41 Å². The van der Waals surface area contributed by atoms with Gasteiger partial charge in [0.05, 0.1) is 0 Å². The second kappa shape index (κ2) is 3.37. The van der Waals surface area contributed by atoms with Gasteiger partial charge >= 0.3 is 0 Å². The first kappa shape index (κ1) is 9.46. The predicted octanol–water partition coefficient (Wildman–Crippen LogP) is 2.46. The Morgan fingerprint density at radius 3 is 2.56 bits per heavy atom. The van der Waals surface area contributed by atoms with E-state index in [2.05, 4.69) is 28.4 Å². The second-order valence-corrected chi connectivity index (χ2v) is 4.49. The summed E-state index contributed by atoms with van der Waals surface area (Å²) in [6.45, 7) is 0. The molecule has 0 aliphatic heterocycles. The van der Waals surface area contributed by atoms with Crippen LogP contribution in [0.5, 0.6) is 0 Å². The summed E-state index contributed by atoms with van der Waals surface area (Å²) in [5.74, 6) is 0. The first-order valence-corrected chi connectivity index (χ1v) is 5.68. The van der Waals surface area contributed by atoms with E-state index in [-0.39, 0.29) is 5.41 Å². The Hall–Kier alpha value is -1.77. The smallest absolute Gasteiger partial charge is 0.0490 e. The number of benzene rings is 1. The van der Waals surface area contributed by atoms with E-state index in [0.717, 1.165) is 18.5 Å². The Labute approximate surface area is 94.7 Å². The number of nitrogens with two attached hydrogens (primary N) is 1. The van der Waals surface area contributed by atoms with Crippen molar-refractivity contribution in [2.75, 3.05) is 5.73 Å². The normalized spacial score (nSPS) is 18.0. The number of rotatable bonds is 2. The highest BCUT2D eigenvalue weighted by Crippen LogP contribution is 2.49. The minimum absolute atomic E-state index is 0.0852. The van der Waals surface area contributed by atoms with Gasteiger partial charge < -0.3 is 5.73 Å². The maximum Gasteiger partial charge on any atom is 0.0490 e. The van der Waals surface area contributed by atoms with E-state index >= 15 is 0 Å². The van der Waals surface area contributed by atoms with Crippen molar-refractivity contribution in [3.8, 4) is 0 Å². The summed E-state index contributed by atoms with van der Waals surface area (Å²) in [6.07, 6.45) is 5.38. The van der Waals surface area contributed by atoms with Gasteiger partial charge in [0, 0.05) is 23.0 Å². The zero-order valence-electron chi connectivity index (χ0n) is 9.11. The molecule has 1 fully saturated rings. The Morgan fingerprint density at radius 2 is 2.00 bits per heavy atom. The van der Waals surface area contributed by atoms with E-state index in [0.29, 0.717) is 0 Å². The number of aromatic amines is 1. The minimum atomic E-state index is 0.0852. The summed E-state index contributed by atoms with van der Waals surface area (Å²) in [6, 6.07) is 10.2. The highest BCUT2D eigenvalue weighted by Gasteiger charge is 2.42. The summed E-state index contributed by atoms with van der Waals surface area (Å²) in [5.41, 5.74) is 9.49. The summed E-state index contributed by atoms with van der Waals surface area (Å²) >= 11 is 0. The molecule has 0 atom stereocenters. The highest BCUT2D eigenvalue weighted by atomic mass is 15.1. The molecule has 1 aromatic carbocycles. The molecule has 0 saturated heterocycles. The highest BCUT2D eigenvalue weighted by molar-refractivity contribution is 5.55. The number of nitrogens with zero attached hydrogens (tertiary/aromatic N) is 1. The number of hydrogen-bond donors (Lipinski definition) is 2. The van der Waals surface area contributed by atoms with Gasteiger partial charge in [-0.1, -0.05) is 24.6 Å². The fourth-order valence-electron chi connectivity index (χ4n) is 2.67. The molecule has 2 aromatic rings. The van der Waals surface area contributed by atoms with Crippen molar-refractivity contribution in [3.63, 3.8) is 0 Å². The zero-order chi connectivity index (χ0) is 11.0. The van der Waals surface area contributed by atoms with Crippen LogP contribution in [0.1, 0.15) is 30.5 Å². The minimum Gasteiger partial charge on any atom is -0.398 e. The van der Waals surface area contributed by atoms with Crippen LogP contribution >= 0.6 is 0 Å². The van der Waals surface area contributed by atoms with Gasteiger partial charge in [0.1, 0.15) is 0 Å². The lowest BCUT2D eigenvalue weighted by molar-refractivity contribution is 0.294. The maximum absolute atomic E-state index is 6.09. The van der Waals surface area contributed by atoms with E-state index in [1.54, 1.807) is 0 Å². The monoisotopic (exact) mass is 213 g/mol. The lowest BCUT2D eigenvalue weighted by atomic mass is 9.62. The average molecular weight is 213 g/mol. The molecule has 3 rings (SSSR count). The molecule has 16 heavy (non-hydrogen) atoms. The molecule has 1 aliphatic rings. The molecule has 1 aliphatic carbocycles. The molecular formula is C13H15N3. The Kier molecular flexibility index (Phi) is 1.99. The van der Waals surface area contributed by atoms with Gasteiger partial charge in [-0.05, 0) is 30.5 Å². The van der Waals surface area contributed by atoms with Crippen LogP contribution in [0.15, 0.2) is 36.5 Å². The van der Waals surface area contributed by atoms with Gasteiger partial charge in [-0.3, -0.25) is 5.10 Å². The zero-order valence-corrected chi connectivity index (χ0v) is 9.11. The van der Waals surface area contributed by atoms with Crippen LogP contribution < -0.4 is 5.73 Å². The van der Waals surface area contributed by atoms with E-state index < -0.39 is 0 Å². The van der Waals surface area contributed by atoms with Crippen LogP contribution in [0.4, 0.5) is 5.69 Å². The Bertz CT molecular complexity index is 484. The second-order valence-electron chi connectivity index (χ2n) is 4.49. The van der Waals surface area contributed by atoms with Crippen LogP contribution in [-0.4, -0.2) is 10.2 Å². The molecule has 0 unspecified atom stereocenters. The van der Waals surface area contributed by atoms with Gasteiger partial charge in [0.25, 0.3) is 0 Å². The number of aromatic nitrogens is 2. The van der Waals surface area contributed by atoms with Gasteiger partial charge in [-0.25, -0.2) is 0 Å². The van der Waals surface area contributed by atoms with Crippen molar-refractivity contribution >= 4 is 5.69 Å². The van der Waals surface area contributed by atoms with Crippen molar-refractivity contribution in [1.29, 1.82) is 0 Å². The van der Waals surface area contributed by atoms with Crippen LogP contribution in [0.25, 0.3) is 0 Å². The number of nitrogens with one attached hydrogen (secondary N) is 1. The van der Waals surface area contributed by atoms with Crippen molar-refractivity contribution in [3.05, 3.63) is 47.8 Å². The lowest BCUT2D eigenvalue weighted by Gasteiger charge is -2.42. The van der Waals surface area contributed by atoms with E-state index in [4.69, 9.17) is 5.73 Å². The van der Waals surface area contributed by atoms with Gasteiger partial charge in [0.2, 0.25) is 0 Å². The maximum atomic E-state index is 6.09. The molecule has 0 bridgehead atoms. The molecule has 82 valence electrons. The Balaban J connectivity index is 2.13.